The van der Waals surface area contributed by atoms with Crippen molar-refractivity contribution in [3.8, 4) is 0 Å². The highest BCUT2D eigenvalue weighted by atomic mass is 16.5. The van der Waals surface area contributed by atoms with Crippen LogP contribution in [0.25, 0.3) is 0 Å². The second kappa shape index (κ2) is 7.78. The molecule has 0 atom stereocenters. The molecule has 5 nitrogen and oxygen atoms in total. The quantitative estimate of drug-likeness (QED) is 0.848. The molecular formula is C21H28N2O3. The predicted octanol–water partition coefficient (Wildman–Crippen LogP) is 3.52. The Morgan fingerprint density at radius 1 is 1.12 bits per heavy atom. The molecule has 26 heavy (non-hydrogen) atoms. The molecule has 0 radical (unpaired) electrons. The molecule has 3 aliphatic rings. The van der Waals surface area contributed by atoms with E-state index >= 15 is 0 Å². The van der Waals surface area contributed by atoms with E-state index in [1.807, 2.05) is 23.1 Å². The van der Waals surface area contributed by atoms with Crippen molar-refractivity contribution < 1.29 is 14.3 Å². The van der Waals surface area contributed by atoms with Crippen LogP contribution in [-0.4, -0.2) is 31.6 Å². The highest BCUT2D eigenvalue weighted by molar-refractivity contribution is 5.97. The second-order valence-electron chi connectivity index (χ2n) is 7.93. The molecule has 140 valence electrons. The smallest absolute Gasteiger partial charge is 0.227 e. The van der Waals surface area contributed by atoms with Gasteiger partial charge in [-0.2, -0.15) is 0 Å². The van der Waals surface area contributed by atoms with E-state index in [9.17, 15) is 9.59 Å². The Hall–Kier alpha value is -1.88. The van der Waals surface area contributed by atoms with Crippen molar-refractivity contribution in [2.24, 2.45) is 11.8 Å². The number of rotatable bonds is 6. The van der Waals surface area contributed by atoms with E-state index in [4.69, 9.17) is 4.74 Å². The number of ether oxygens (including phenoxy) is 1. The number of amides is 2. The number of nitrogens with one attached hydrogen (secondary N) is 1. The van der Waals surface area contributed by atoms with E-state index in [0.717, 1.165) is 56.8 Å². The van der Waals surface area contributed by atoms with E-state index in [0.29, 0.717) is 24.7 Å². The van der Waals surface area contributed by atoms with Gasteiger partial charge in [-0.25, -0.2) is 0 Å². The van der Waals surface area contributed by atoms with Gasteiger partial charge in [0, 0.05) is 44.0 Å². The van der Waals surface area contributed by atoms with Crippen molar-refractivity contribution in [2.75, 3.05) is 30.0 Å². The Labute approximate surface area is 155 Å². The number of anilines is 2. The van der Waals surface area contributed by atoms with E-state index < -0.39 is 0 Å². The molecule has 2 aliphatic heterocycles. The van der Waals surface area contributed by atoms with Crippen LogP contribution in [0.3, 0.4) is 0 Å². The minimum atomic E-state index is 0.0816. The molecule has 2 heterocycles. The highest BCUT2D eigenvalue weighted by Crippen LogP contribution is 2.36. The van der Waals surface area contributed by atoms with Crippen LogP contribution < -0.4 is 10.2 Å². The molecule has 0 unspecified atom stereocenters. The lowest BCUT2D eigenvalue weighted by atomic mass is 9.95. The van der Waals surface area contributed by atoms with Crippen LogP contribution in [0.4, 0.5) is 11.4 Å². The van der Waals surface area contributed by atoms with Crippen LogP contribution in [-0.2, 0) is 20.7 Å². The highest BCUT2D eigenvalue weighted by Gasteiger charge is 2.31. The zero-order valence-electron chi connectivity index (χ0n) is 15.3. The molecule has 0 spiro atoms. The molecule has 2 amide bonds. The van der Waals surface area contributed by atoms with Crippen LogP contribution in [0.5, 0.6) is 0 Å². The van der Waals surface area contributed by atoms with Crippen molar-refractivity contribution in [1.82, 2.24) is 0 Å². The summed E-state index contributed by atoms with van der Waals surface area (Å²) in [5.41, 5.74) is 3.06. The lowest BCUT2D eigenvalue weighted by molar-refractivity contribution is -0.119. The second-order valence-corrected chi connectivity index (χ2v) is 7.93. The van der Waals surface area contributed by atoms with Crippen LogP contribution in [0.1, 0.15) is 50.5 Å². The van der Waals surface area contributed by atoms with Crippen LogP contribution in [0.2, 0.25) is 0 Å². The molecule has 1 aromatic carbocycles. The van der Waals surface area contributed by atoms with Gasteiger partial charge in [0.05, 0.1) is 0 Å². The molecule has 5 heteroatoms. The maximum absolute atomic E-state index is 12.3. The number of carbonyl (C=O) groups excluding carboxylic acids is 2. The summed E-state index contributed by atoms with van der Waals surface area (Å²) >= 11 is 0. The van der Waals surface area contributed by atoms with Gasteiger partial charge in [-0.3, -0.25) is 9.59 Å². The number of aryl methyl sites for hydroxylation is 1. The predicted molar refractivity (Wildman–Crippen MR) is 101 cm³/mol. The average Bonchev–Trinajstić information content (AvgIpc) is 3.47. The molecule has 1 aliphatic carbocycles. The van der Waals surface area contributed by atoms with Crippen molar-refractivity contribution in [3.63, 3.8) is 0 Å². The van der Waals surface area contributed by atoms with Gasteiger partial charge >= 0.3 is 0 Å². The Bertz CT molecular complexity index is 678. The minimum Gasteiger partial charge on any atom is -0.381 e. The monoisotopic (exact) mass is 356 g/mol. The lowest BCUT2D eigenvalue weighted by Crippen LogP contribution is -2.36. The van der Waals surface area contributed by atoms with Crippen molar-refractivity contribution >= 4 is 23.2 Å². The Balaban J connectivity index is 1.35. The third kappa shape index (κ3) is 4.26. The fraction of sp³-hybridized carbons (Fsp3) is 0.619. The summed E-state index contributed by atoms with van der Waals surface area (Å²) in [5.74, 6) is 1.60. The van der Waals surface area contributed by atoms with Crippen LogP contribution in [0.15, 0.2) is 18.2 Å². The minimum absolute atomic E-state index is 0.0816. The fourth-order valence-electron chi connectivity index (χ4n) is 3.99. The van der Waals surface area contributed by atoms with Gasteiger partial charge in [0.1, 0.15) is 0 Å². The molecule has 2 fully saturated rings. The number of fused-ring (bicyclic) bond motifs is 1. The zero-order chi connectivity index (χ0) is 17.9. The summed E-state index contributed by atoms with van der Waals surface area (Å²) < 4.78 is 5.37. The first kappa shape index (κ1) is 17.5. The van der Waals surface area contributed by atoms with E-state index in [2.05, 4.69) is 5.32 Å². The first-order valence-electron chi connectivity index (χ1n) is 10.00. The molecule has 4 rings (SSSR count). The van der Waals surface area contributed by atoms with Gasteiger partial charge in [-0.15, -0.1) is 0 Å². The first-order chi connectivity index (χ1) is 12.7. The third-order valence-electron chi connectivity index (χ3n) is 5.82. The Kier molecular flexibility index (Phi) is 5.25. The molecule has 1 aromatic rings. The van der Waals surface area contributed by atoms with Crippen molar-refractivity contribution in [1.29, 1.82) is 0 Å². The first-order valence-corrected chi connectivity index (χ1v) is 10.00. The van der Waals surface area contributed by atoms with E-state index in [1.54, 1.807) is 0 Å². The normalized spacial score (nSPS) is 20.8. The average molecular weight is 356 g/mol. The topological polar surface area (TPSA) is 58.6 Å². The number of carbonyl (C=O) groups is 2. The van der Waals surface area contributed by atoms with Gasteiger partial charge in [0.25, 0.3) is 0 Å². The fourth-order valence-corrected chi connectivity index (χ4v) is 3.99. The van der Waals surface area contributed by atoms with Gasteiger partial charge in [-0.05, 0) is 74.1 Å². The Morgan fingerprint density at radius 2 is 1.92 bits per heavy atom. The van der Waals surface area contributed by atoms with Gasteiger partial charge in [0.2, 0.25) is 11.8 Å². The molecule has 1 N–H and O–H groups in total. The summed E-state index contributed by atoms with van der Waals surface area (Å²) in [4.78, 5) is 26.5. The summed E-state index contributed by atoms with van der Waals surface area (Å²) in [7, 11) is 0. The molecular weight excluding hydrogens is 328 g/mol. The molecule has 1 saturated carbocycles. The SMILES string of the molecule is O=C(CCC1CCOCC1)Nc1ccc2c(c1)CCC(=O)N2CC1CC1. The van der Waals surface area contributed by atoms with Crippen molar-refractivity contribution in [2.45, 2.75) is 51.4 Å². The maximum Gasteiger partial charge on any atom is 0.227 e. The number of benzene rings is 1. The number of hydrogen-bond donors (Lipinski definition) is 1. The summed E-state index contributed by atoms with van der Waals surface area (Å²) in [6, 6.07) is 5.99. The van der Waals surface area contributed by atoms with Crippen LogP contribution >= 0.6 is 0 Å². The number of nitrogens with zero attached hydrogens (tertiary/aromatic N) is 1. The van der Waals surface area contributed by atoms with E-state index in [1.165, 1.54) is 18.4 Å². The van der Waals surface area contributed by atoms with Gasteiger partial charge in [0.15, 0.2) is 0 Å². The van der Waals surface area contributed by atoms with Gasteiger partial charge < -0.3 is 15.0 Å². The maximum atomic E-state index is 12.3. The standard InChI is InChI=1S/C21H28N2O3/c24-20(7-3-15-9-11-26-12-10-15)22-18-5-6-19-17(13-18)4-8-21(25)23(19)14-16-1-2-16/h5-6,13,15-16H,1-4,7-12,14H2,(H,22,24). The van der Waals surface area contributed by atoms with Crippen molar-refractivity contribution in [3.05, 3.63) is 23.8 Å². The number of hydrogen-bond acceptors (Lipinski definition) is 3. The summed E-state index contributed by atoms with van der Waals surface area (Å²) in [6.07, 6.45) is 7.44. The lowest BCUT2D eigenvalue weighted by Gasteiger charge is -2.30. The largest absolute Gasteiger partial charge is 0.381 e. The van der Waals surface area contributed by atoms with Gasteiger partial charge in [-0.1, -0.05) is 0 Å². The molecule has 0 bridgehead atoms. The molecule has 1 saturated heterocycles. The summed E-state index contributed by atoms with van der Waals surface area (Å²) in [6.45, 7) is 2.50. The summed E-state index contributed by atoms with van der Waals surface area (Å²) in [5, 5.41) is 3.04. The Morgan fingerprint density at radius 3 is 2.69 bits per heavy atom. The molecule has 0 aromatic heterocycles. The third-order valence-corrected chi connectivity index (χ3v) is 5.82. The zero-order valence-corrected chi connectivity index (χ0v) is 15.3. The van der Waals surface area contributed by atoms with E-state index in [-0.39, 0.29) is 11.8 Å². The van der Waals surface area contributed by atoms with Crippen LogP contribution in [0, 0.1) is 11.8 Å².